The van der Waals surface area contributed by atoms with Crippen LogP contribution in [0.15, 0.2) is 0 Å². The largest absolute Gasteiger partial charge is 0.444 e. The molecule has 0 bridgehead atoms. The van der Waals surface area contributed by atoms with Gasteiger partial charge >= 0.3 is 6.09 Å². The zero-order valence-corrected chi connectivity index (χ0v) is 22.2. The summed E-state index contributed by atoms with van der Waals surface area (Å²) in [7, 11) is -1.92. The van der Waals surface area contributed by atoms with Crippen molar-refractivity contribution >= 4 is 22.2 Å². The Morgan fingerprint density at radius 1 is 1.06 bits per heavy atom. The molecule has 198 valence electrons. The van der Waals surface area contributed by atoms with Crippen molar-refractivity contribution in [3.05, 3.63) is 0 Å². The number of piperidine rings is 2. The fourth-order valence-corrected chi connectivity index (χ4v) is 6.23. The quantitative estimate of drug-likeness (QED) is 0.542. The van der Waals surface area contributed by atoms with E-state index in [-0.39, 0.29) is 24.7 Å². The Balaban J connectivity index is 1.51. The van der Waals surface area contributed by atoms with Crippen LogP contribution in [0.1, 0.15) is 46.5 Å². The summed E-state index contributed by atoms with van der Waals surface area (Å²) >= 11 is 0. The minimum atomic E-state index is -3.53. The number of nitriles is 1. The van der Waals surface area contributed by atoms with Crippen LogP contribution in [0.5, 0.6) is 0 Å². The fourth-order valence-electron chi connectivity index (χ4n) is 4.82. The molecule has 0 aromatic carbocycles. The van der Waals surface area contributed by atoms with Gasteiger partial charge in [-0.05, 0) is 52.4 Å². The lowest BCUT2D eigenvalue weighted by Gasteiger charge is -2.41. The highest BCUT2D eigenvalue weighted by Gasteiger charge is 2.46. The summed E-state index contributed by atoms with van der Waals surface area (Å²) in [5, 5.41) is 9.92. The van der Waals surface area contributed by atoms with E-state index >= 15 is 0 Å². The van der Waals surface area contributed by atoms with Gasteiger partial charge in [0.25, 0.3) is 10.2 Å². The first-order chi connectivity index (χ1) is 16.4. The number of ether oxygens (including phenoxy) is 2. The summed E-state index contributed by atoms with van der Waals surface area (Å²) in [5.74, 6) is -0.0384. The summed E-state index contributed by atoms with van der Waals surface area (Å²) in [6.07, 6.45) is 1.50. The summed E-state index contributed by atoms with van der Waals surface area (Å²) in [4.78, 5) is 29.0. The lowest BCUT2D eigenvalue weighted by Crippen LogP contribution is -2.53. The lowest BCUT2D eigenvalue weighted by molar-refractivity contribution is -0.142. The summed E-state index contributed by atoms with van der Waals surface area (Å²) in [6.45, 7) is 8.93. The van der Waals surface area contributed by atoms with E-state index < -0.39 is 27.3 Å². The van der Waals surface area contributed by atoms with Gasteiger partial charge in [0.1, 0.15) is 11.0 Å². The van der Waals surface area contributed by atoms with E-state index in [1.165, 1.54) is 8.61 Å². The molecule has 0 unspecified atom stereocenters. The van der Waals surface area contributed by atoms with Crippen LogP contribution in [-0.2, 0) is 24.5 Å². The van der Waals surface area contributed by atoms with E-state index in [4.69, 9.17) is 9.47 Å². The van der Waals surface area contributed by atoms with Gasteiger partial charge in [-0.15, -0.1) is 0 Å². The second-order valence-corrected chi connectivity index (χ2v) is 12.7. The van der Waals surface area contributed by atoms with Gasteiger partial charge in [-0.25, -0.2) is 4.79 Å². The molecule has 0 radical (unpaired) electrons. The van der Waals surface area contributed by atoms with E-state index in [0.29, 0.717) is 71.9 Å². The molecule has 0 spiro atoms. The monoisotopic (exact) mass is 513 g/mol. The number of hydrogen-bond donors (Lipinski definition) is 0. The number of carbonyl (C=O) groups excluding carboxylic acids is 2. The Morgan fingerprint density at radius 2 is 1.63 bits per heavy atom. The minimum Gasteiger partial charge on any atom is -0.444 e. The van der Waals surface area contributed by atoms with E-state index in [1.807, 2.05) is 0 Å². The average Bonchev–Trinajstić information content (AvgIpc) is 2.83. The van der Waals surface area contributed by atoms with Gasteiger partial charge < -0.3 is 19.3 Å². The maximum Gasteiger partial charge on any atom is 0.410 e. The van der Waals surface area contributed by atoms with E-state index in [2.05, 4.69) is 6.07 Å². The molecular formula is C23H39N5O6S. The SMILES string of the molecule is CN(CC1CCN(C(=O)C2(C#N)CCN(C(=O)OC(C)(C)C)CC2)CC1)S(=O)(=O)N1CCOCC1. The molecule has 2 amide bonds. The molecular weight excluding hydrogens is 474 g/mol. The smallest absolute Gasteiger partial charge is 0.410 e. The first-order valence-electron chi connectivity index (χ1n) is 12.4. The molecule has 3 aliphatic rings. The zero-order valence-electron chi connectivity index (χ0n) is 21.4. The number of carbonyl (C=O) groups is 2. The second kappa shape index (κ2) is 11.0. The molecule has 3 rings (SSSR count). The molecule has 3 aliphatic heterocycles. The van der Waals surface area contributed by atoms with Crippen molar-refractivity contribution in [3.63, 3.8) is 0 Å². The van der Waals surface area contributed by atoms with Crippen LogP contribution in [0.25, 0.3) is 0 Å². The number of amides is 2. The molecule has 0 N–H and O–H groups in total. The number of hydrogen-bond acceptors (Lipinski definition) is 7. The maximum atomic E-state index is 13.4. The highest BCUT2D eigenvalue weighted by atomic mass is 32.2. The maximum absolute atomic E-state index is 13.4. The van der Waals surface area contributed by atoms with E-state index in [1.54, 1.807) is 37.6 Å². The summed E-state index contributed by atoms with van der Waals surface area (Å²) in [5.41, 5.74) is -1.74. The third kappa shape index (κ3) is 6.64. The Bertz CT molecular complexity index is 906. The first kappa shape index (κ1) is 27.6. The average molecular weight is 514 g/mol. The fraction of sp³-hybridized carbons (Fsp3) is 0.870. The molecule has 0 aromatic heterocycles. The van der Waals surface area contributed by atoms with Gasteiger partial charge in [0.05, 0.1) is 19.3 Å². The van der Waals surface area contributed by atoms with Gasteiger partial charge in [-0.2, -0.15) is 22.3 Å². The van der Waals surface area contributed by atoms with Crippen molar-refractivity contribution in [2.45, 2.75) is 52.1 Å². The van der Waals surface area contributed by atoms with Gasteiger partial charge in [0.15, 0.2) is 0 Å². The molecule has 3 saturated heterocycles. The van der Waals surface area contributed by atoms with Crippen LogP contribution in [0.4, 0.5) is 4.79 Å². The van der Waals surface area contributed by atoms with Crippen molar-refractivity contribution in [3.8, 4) is 6.07 Å². The molecule has 35 heavy (non-hydrogen) atoms. The van der Waals surface area contributed by atoms with Crippen molar-refractivity contribution in [1.82, 2.24) is 18.4 Å². The highest BCUT2D eigenvalue weighted by Crippen LogP contribution is 2.35. The Morgan fingerprint density at radius 3 is 2.14 bits per heavy atom. The molecule has 0 saturated carbocycles. The topological polar surface area (TPSA) is 123 Å². The molecule has 0 aliphatic carbocycles. The summed E-state index contributed by atoms with van der Waals surface area (Å²) < 4.78 is 39.2. The third-order valence-corrected chi connectivity index (χ3v) is 8.95. The minimum absolute atomic E-state index is 0.145. The third-order valence-electron chi connectivity index (χ3n) is 7.00. The van der Waals surface area contributed by atoms with Gasteiger partial charge in [-0.1, -0.05) is 0 Å². The van der Waals surface area contributed by atoms with Crippen LogP contribution in [0.3, 0.4) is 0 Å². The molecule has 12 heteroatoms. The first-order valence-corrected chi connectivity index (χ1v) is 13.8. The Hall–Kier alpha value is -1.94. The highest BCUT2D eigenvalue weighted by molar-refractivity contribution is 7.86. The number of likely N-dealkylation sites (tertiary alicyclic amines) is 2. The molecule has 11 nitrogen and oxygen atoms in total. The van der Waals surface area contributed by atoms with Crippen molar-refractivity contribution in [1.29, 1.82) is 5.26 Å². The predicted octanol–water partition coefficient (Wildman–Crippen LogP) is 1.27. The molecule has 0 aromatic rings. The van der Waals surface area contributed by atoms with Gasteiger partial charge in [0, 0.05) is 52.9 Å². The second-order valence-electron chi connectivity index (χ2n) is 10.7. The van der Waals surface area contributed by atoms with Crippen LogP contribution in [-0.4, -0.2) is 111 Å². The number of morpholine rings is 1. The molecule has 3 fully saturated rings. The standard InChI is InChI=1S/C23H39N5O6S/c1-22(2,3)34-21(30)27-11-7-23(18-24,8-12-27)20(29)26-9-5-19(6-10-26)17-25(4)35(31,32)28-13-15-33-16-14-28/h19H,5-17H2,1-4H3. The van der Waals surface area contributed by atoms with Gasteiger partial charge in [0.2, 0.25) is 5.91 Å². The zero-order chi connectivity index (χ0) is 25.9. The lowest BCUT2D eigenvalue weighted by atomic mass is 9.78. The molecule has 0 atom stereocenters. The Kier molecular flexibility index (Phi) is 8.68. The van der Waals surface area contributed by atoms with Crippen LogP contribution in [0, 0.1) is 22.7 Å². The van der Waals surface area contributed by atoms with Crippen molar-refractivity contribution in [2.75, 3.05) is 66.1 Å². The summed E-state index contributed by atoms with van der Waals surface area (Å²) in [6, 6.07) is 2.25. The number of nitrogens with zero attached hydrogens (tertiary/aromatic N) is 5. The normalized spacial score (nSPS) is 22.6. The van der Waals surface area contributed by atoms with E-state index in [9.17, 15) is 23.3 Å². The van der Waals surface area contributed by atoms with Gasteiger partial charge in [-0.3, -0.25) is 4.79 Å². The van der Waals surface area contributed by atoms with Crippen LogP contribution < -0.4 is 0 Å². The van der Waals surface area contributed by atoms with E-state index in [0.717, 1.165) is 0 Å². The van der Waals surface area contributed by atoms with Crippen LogP contribution >= 0.6 is 0 Å². The van der Waals surface area contributed by atoms with Crippen LogP contribution in [0.2, 0.25) is 0 Å². The van der Waals surface area contributed by atoms with Crippen molar-refractivity contribution < 1.29 is 27.5 Å². The number of rotatable bonds is 5. The Labute approximate surface area is 209 Å². The predicted molar refractivity (Wildman–Crippen MR) is 128 cm³/mol. The van der Waals surface area contributed by atoms with Crippen molar-refractivity contribution in [2.24, 2.45) is 11.3 Å². The molecule has 3 heterocycles.